The van der Waals surface area contributed by atoms with E-state index in [1.807, 2.05) is 25.1 Å². The van der Waals surface area contributed by atoms with Crippen molar-refractivity contribution in [1.29, 1.82) is 0 Å². The molecule has 1 aromatic carbocycles. The van der Waals surface area contributed by atoms with E-state index < -0.39 is 5.82 Å². The van der Waals surface area contributed by atoms with Gasteiger partial charge in [0, 0.05) is 47.9 Å². The molecule has 228 valence electrons. The summed E-state index contributed by atoms with van der Waals surface area (Å²) in [5.74, 6) is 0.524. The molecule has 0 bridgehead atoms. The number of nitrogens with zero attached hydrogens (tertiary/aromatic N) is 6. The van der Waals surface area contributed by atoms with Crippen molar-refractivity contribution >= 4 is 33.5 Å². The second kappa shape index (κ2) is 12.4. The normalized spacial score (nSPS) is 13.6. The molecule has 6 aromatic rings. The highest BCUT2D eigenvalue weighted by Crippen LogP contribution is 2.33. The van der Waals surface area contributed by atoms with E-state index in [-0.39, 0.29) is 5.91 Å². The number of hydrogen-bond donors (Lipinski definition) is 3. The van der Waals surface area contributed by atoms with Gasteiger partial charge < -0.3 is 15.0 Å². The van der Waals surface area contributed by atoms with Crippen LogP contribution < -0.4 is 10.1 Å². The monoisotopic (exact) mass is 605 g/mol. The fourth-order valence-corrected chi connectivity index (χ4v) is 5.69. The van der Waals surface area contributed by atoms with Crippen LogP contribution in [0.15, 0.2) is 61.2 Å². The van der Waals surface area contributed by atoms with Crippen LogP contribution in [0.5, 0.6) is 5.75 Å². The van der Waals surface area contributed by atoms with Gasteiger partial charge in [-0.1, -0.05) is 6.92 Å². The number of rotatable bonds is 10. The number of halogens is 1. The summed E-state index contributed by atoms with van der Waals surface area (Å²) in [7, 11) is 0. The Hall–Kier alpha value is -5.23. The van der Waals surface area contributed by atoms with Gasteiger partial charge in [-0.15, -0.1) is 0 Å². The highest BCUT2D eigenvalue weighted by molar-refractivity contribution is 5.97. The van der Waals surface area contributed by atoms with Crippen molar-refractivity contribution in [3.8, 4) is 39.8 Å². The Balaban J connectivity index is 1.19. The minimum absolute atomic E-state index is 0.0600. The summed E-state index contributed by atoms with van der Waals surface area (Å²) >= 11 is 0. The maximum absolute atomic E-state index is 14.8. The molecule has 1 aliphatic rings. The first-order valence-electron chi connectivity index (χ1n) is 15.1. The zero-order chi connectivity index (χ0) is 30.8. The van der Waals surface area contributed by atoms with Crippen LogP contribution in [-0.2, 0) is 4.79 Å². The Morgan fingerprint density at radius 3 is 2.78 bits per heavy atom. The molecule has 0 radical (unpaired) electrons. The lowest BCUT2D eigenvalue weighted by atomic mass is 10.1. The molecule has 0 saturated carbocycles. The summed E-state index contributed by atoms with van der Waals surface area (Å²) < 4.78 is 20.7. The van der Waals surface area contributed by atoms with Gasteiger partial charge in [-0.3, -0.25) is 29.7 Å². The van der Waals surface area contributed by atoms with Gasteiger partial charge in [0.05, 0.1) is 40.5 Å². The first-order valence-corrected chi connectivity index (χ1v) is 15.1. The molecule has 5 aromatic heterocycles. The van der Waals surface area contributed by atoms with E-state index in [4.69, 9.17) is 9.72 Å². The highest BCUT2D eigenvalue weighted by atomic mass is 19.1. The largest absolute Gasteiger partial charge is 0.492 e. The van der Waals surface area contributed by atoms with Gasteiger partial charge in [0.25, 0.3) is 0 Å². The van der Waals surface area contributed by atoms with E-state index in [0.717, 1.165) is 48.0 Å². The van der Waals surface area contributed by atoms with Gasteiger partial charge in [-0.05, 0) is 62.7 Å². The number of likely N-dealkylation sites (tertiary alicyclic amines) is 1. The van der Waals surface area contributed by atoms with E-state index >= 15 is 0 Å². The van der Waals surface area contributed by atoms with Crippen molar-refractivity contribution in [2.45, 2.75) is 32.6 Å². The number of aromatic amines is 2. The molecule has 12 heteroatoms. The Kier molecular flexibility index (Phi) is 7.87. The number of hydrogen-bond acceptors (Lipinski definition) is 8. The van der Waals surface area contributed by atoms with Crippen molar-refractivity contribution in [2.75, 3.05) is 31.6 Å². The van der Waals surface area contributed by atoms with E-state index in [1.165, 1.54) is 25.0 Å². The second-order valence-corrected chi connectivity index (χ2v) is 11.2. The molecular weight excluding hydrogens is 573 g/mol. The number of aromatic nitrogens is 7. The van der Waals surface area contributed by atoms with E-state index in [2.05, 4.69) is 40.3 Å². The van der Waals surface area contributed by atoms with E-state index in [1.54, 1.807) is 30.9 Å². The molecule has 0 atom stereocenters. The van der Waals surface area contributed by atoms with Gasteiger partial charge >= 0.3 is 0 Å². The maximum atomic E-state index is 14.8. The fraction of sp³-hybridized carbons (Fsp3) is 0.273. The molecule has 7 rings (SSSR count). The molecule has 0 spiro atoms. The SMILES string of the molecule is CCCC(=O)Nc1cncc(-c2cc3c(-c4nc5c(-c6cc(F)cc(OCCN7CCCC7)c6)nccc5[nH]4)n[nH]c3cn2)c1. The smallest absolute Gasteiger partial charge is 0.224 e. The molecule has 0 aliphatic carbocycles. The van der Waals surface area contributed by atoms with Crippen LogP contribution in [0.2, 0.25) is 0 Å². The summed E-state index contributed by atoms with van der Waals surface area (Å²) in [6.07, 6.45) is 10.3. The number of fused-ring (bicyclic) bond motifs is 2. The lowest BCUT2D eigenvalue weighted by molar-refractivity contribution is -0.116. The van der Waals surface area contributed by atoms with E-state index in [0.29, 0.717) is 58.5 Å². The predicted molar refractivity (Wildman–Crippen MR) is 170 cm³/mol. The second-order valence-electron chi connectivity index (χ2n) is 11.2. The molecule has 6 heterocycles. The van der Waals surface area contributed by atoms with Crippen molar-refractivity contribution in [2.24, 2.45) is 0 Å². The number of pyridine rings is 3. The molecule has 1 fully saturated rings. The number of imidazole rings is 1. The van der Waals surface area contributed by atoms with Crippen LogP contribution in [0.25, 0.3) is 56.0 Å². The topological polar surface area (TPSA) is 138 Å². The third-order valence-corrected chi connectivity index (χ3v) is 7.89. The van der Waals surface area contributed by atoms with Crippen LogP contribution in [0.1, 0.15) is 32.6 Å². The molecule has 0 unspecified atom stereocenters. The minimum atomic E-state index is -0.403. The Morgan fingerprint density at radius 2 is 1.91 bits per heavy atom. The van der Waals surface area contributed by atoms with Crippen LogP contribution in [-0.4, -0.2) is 72.2 Å². The summed E-state index contributed by atoms with van der Waals surface area (Å²) in [5, 5.41) is 11.2. The van der Waals surface area contributed by atoms with Crippen LogP contribution in [0.4, 0.5) is 10.1 Å². The van der Waals surface area contributed by atoms with Crippen LogP contribution in [0, 0.1) is 5.82 Å². The van der Waals surface area contributed by atoms with Gasteiger partial charge in [0.1, 0.15) is 29.4 Å². The zero-order valence-corrected chi connectivity index (χ0v) is 24.8. The standard InChI is InChI=1S/C33H32FN9O2/c1-2-5-29(44)38-23-13-21(17-35-18-23)27-16-25-28(19-37-27)41-42-31(25)33-39-26-6-7-36-30(32(26)40-33)20-12-22(34)15-24(14-20)45-11-10-43-8-3-4-9-43/h6-7,12-19H,2-5,8-11H2,1H3,(H,38,44)(H,39,40)(H,41,42). The first kappa shape index (κ1) is 28.5. The fourth-order valence-electron chi connectivity index (χ4n) is 5.69. The number of anilines is 1. The van der Waals surface area contributed by atoms with Gasteiger partial charge in [0.15, 0.2) is 5.82 Å². The summed E-state index contributed by atoms with van der Waals surface area (Å²) in [5.41, 5.74) is 5.79. The number of benzene rings is 1. The van der Waals surface area contributed by atoms with Crippen LogP contribution >= 0.6 is 0 Å². The van der Waals surface area contributed by atoms with Gasteiger partial charge in [-0.2, -0.15) is 5.10 Å². The molecule has 3 N–H and O–H groups in total. The third-order valence-electron chi connectivity index (χ3n) is 7.89. The molecule has 11 nitrogen and oxygen atoms in total. The number of carbonyl (C=O) groups is 1. The molecule has 1 saturated heterocycles. The quantitative estimate of drug-likeness (QED) is 0.174. The van der Waals surface area contributed by atoms with Crippen LogP contribution in [0.3, 0.4) is 0 Å². The summed E-state index contributed by atoms with van der Waals surface area (Å²) in [4.78, 5) is 36.1. The lowest BCUT2D eigenvalue weighted by Gasteiger charge is -2.15. The summed E-state index contributed by atoms with van der Waals surface area (Å²) in [6.45, 7) is 5.42. The van der Waals surface area contributed by atoms with Gasteiger partial charge in [-0.25, -0.2) is 9.37 Å². The number of ether oxygens (including phenoxy) is 1. The predicted octanol–water partition coefficient (Wildman–Crippen LogP) is 5.98. The Morgan fingerprint density at radius 1 is 1.02 bits per heavy atom. The Bertz CT molecular complexity index is 2000. The van der Waals surface area contributed by atoms with Crippen molar-refractivity contribution in [3.05, 3.63) is 67.0 Å². The highest BCUT2D eigenvalue weighted by Gasteiger charge is 2.18. The summed E-state index contributed by atoms with van der Waals surface area (Å²) in [6, 6.07) is 10.2. The maximum Gasteiger partial charge on any atom is 0.224 e. The molecule has 1 amide bonds. The Labute approximate surface area is 258 Å². The number of carbonyl (C=O) groups excluding carboxylic acids is 1. The minimum Gasteiger partial charge on any atom is -0.492 e. The number of amides is 1. The van der Waals surface area contributed by atoms with Crippen molar-refractivity contribution < 1.29 is 13.9 Å². The first-order chi connectivity index (χ1) is 22.0. The third kappa shape index (κ3) is 6.09. The zero-order valence-electron chi connectivity index (χ0n) is 24.8. The average Bonchev–Trinajstić information content (AvgIpc) is 3.80. The van der Waals surface area contributed by atoms with Crippen molar-refractivity contribution in [1.82, 2.24) is 40.0 Å². The van der Waals surface area contributed by atoms with E-state index in [9.17, 15) is 9.18 Å². The molecular formula is C33H32FN9O2. The molecule has 1 aliphatic heterocycles. The average molecular weight is 606 g/mol. The number of nitrogens with one attached hydrogen (secondary N) is 3. The number of H-pyrrole nitrogens is 2. The van der Waals surface area contributed by atoms with Crippen molar-refractivity contribution in [3.63, 3.8) is 0 Å². The van der Waals surface area contributed by atoms with Gasteiger partial charge in [0.2, 0.25) is 5.91 Å². The lowest BCUT2D eigenvalue weighted by Crippen LogP contribution is -2.25. The molecule has 45 heavy (non-hydrogen) atoms.